The van der Waals surface area contributed by atoms with Gasteiger partial charge in [-0.05, 0) is 66.5 Å². The van der Waals surface area contributed by atoms with Crippen molar-refractivity contribution < 1.29 is 19.2 Å². The Kier molecular flexibility index (Phi) is 10.5. The molecule has 2 aromatic heterocycles. The van der Waals surface area contributed by atoms with Crippen molar-refractivity contribution in [2.75, 3.05) is 23.7 Å². The molecule has 1 fully saturated rings. The summed E-state index contributed by atoms with van der Waals surface area (Å²) in [6.45, 7) is 1.04. The second-order valence-electron chi connectivity index (χ2n) is 11.9. The van der Waals surface area contributed by atoms with Gasteiger partial charge in [-0.25, -0.2) is 9.97 Å². The highest BCUT2D eigenvalue weighted by molar-refractivity contribution is 5.99. The maximum absolute atomic E-state index is 13.1. The highest BCUT2D eigenvalue weighted by atomic mass is 16.2. The Morgan fingerprint density at radius 2 is 1.22 bits per heavy atom. The number of anilines is 2. The van der Waals surface area contributed by atoms with Crippen molar-refractivity contribution in [3.05, 3.63) is 132 Å². The van der Waals surface area contributed by atoms with Crippen LogP contribution in [0.2, 0.25) is 0 Å². The number of hydrogen-bond acceptors (Lipinski definition) is 6. The summed E-state index contributed by atoms with van der Waals surface area (Å²) in [6.07, 6.45) is 9.32. The van der Waals surface area contributed by atoms with E-state index >= 15 is 0 Å². The van der Waals surface area contributed by atoms with Gasteiger partial charge in [0.15, 0.2) is 0 Å². The average molecular weight is 653 g/mol. The molecule has 2 atom stereocenters. The Hall–Kier alpha value is -6.08. The van der Waals surface area contributed by atoms with Gasteiger partial charge in [-0.2, -0.15) is 0 Å². The summed E-state index contributed by atoms with van der Waals surface area (Å²) in [5.74, 6) is 5.22. The van der Waals surface area contributed by atoms with Crippen molar-refractivity contribution in [2.45, 2.75) is 44.2 Å². The van der Waals surface area contributed by atoms with Gasteiger partial charge in [0.05, 0.1) is 36.6 Å². The minimum Gasteiger partial charge on any atom is -0.330 e. The third-order valence-corrected chi connectivity index (χ3v) is 8.43. The fraction of sp³-hybridized carbons (Fsp3) is 0.231. The number of likely N-dealkylation sites (tertiary alicyclic amines) is 1. The number of aromatic nitrogens is 2. The van der Waals surface area contributed by atoms with E-state index in [9.17, 15) is 19.2 Å². The zero-order valence-corrected chi connectivity index (χ0v) is 26.9. The van der Waals surface area contributed by atoms with Crippen molar-refractivity contribution in [3.63, 3.8) is 0 Å². The summed E-state index contributed by atoms with van der Waals surface area (Å²) in [5, 5.41) is 5.74. The zero-order valence-electron chi connectivity index (χ0n) is 26.9. The van der Waals surface area contributed by atoms with E-state index < -0.39 is 12.1 Å². The second-order valence-corrected chi connectivity index (χ2v) is 11.9. The largest absolute Gasteiger partial charge is 0.330 e. The van der Waals surface area contributed by atoms with Crippen LogP contribution in [0.15, 0.2) is 109 Å². The first-order valence-electron chi connectivity index (χ1n) is 16.3. The van der Waals surface area contributed by atoms with Crippen molar-refractivity contribution in [1.82, 2.24) is 19.8 Å². The predicted molar refractivity (Wildman–Crippen MR) is 186 cm³/mol. The van der Waals surface area contributed by atoms with E-state index in [1.54, 1.807) is 40.1 Å². The lowest BCUT2D eigenvalue weighted by Gasteiger charge is -2.31. The van der Waals surface area contributed by atoms with E-state index in [1.165, 1.54) is 12.4 Å². The molecule has 4 amide bonds. The van der Waals surface area contributed by atoms with Crippen molar-refractivity contribution in [1.29, 1.82) is 0 Å². The number of benzene rings is 2. The van der Waals surface area contributed by atoms with Gasteiger partial charge in [0.25, 0.3) is 5.91 Å². The Bertz CT molecular complexity index is 1880. The summed E-state index contributed by atoms with van der Waals surface area (Å²) >= 11 is 0. The molecule has 1 saturated heterocycles. The lowest BCUT2D eigenvalue weighted by molar-refractivity contribution is -0.136. The molecule has 10 heteroatoms. The van der Waals surface area contributed by atoms with E-state index in [-0.39, 0.29) is 36.5 Å². The Balaban J connectivity index is 1.01. The Morgan fingerprint density at radius 3 is 1.78 bits per heavy atom. The van der Waals surface area contributed by atoms with Crippen molar-refractivity contribution in [3.8, 4) is 11.8 Å². The first-order chi connectivity index (χ1) is 23.9. The lowest BCUT2D eigenvalue weighted by atomic mass is 10.1. The van der Waals surface area contributed by atoms with Gasteiger partial charge in [-0.3, -0.25) is 19.2 Å². The maximum atomic E-state index is 13.1. The molecule has 4 aromatic rings. The summed E-state index contributed by atoms with van der Waals surface area (Å²) in [6, 6.07) is 24.6. The summed E-state index contributed by atoms with van der Waals surface area (Å²) in [7, 11) is 0. The molecule has 0 spiro atoms. The number of rotatable bonds is 8. The van der Waals surface area contributed by atoms with Gasteiger partial charge >= 0.3 is 0 Å². The average Bonchev–Trinajstić information content (AvgIpc) is 3.64. The van der Waals surface area contributed by atoms with Crippen LogP contribution in [0.1, 0.15) is 41.8 Å². The molecule has 0 bridgehead atoms. The third-order valence-electron chi connectivity index (χ3n) is 8.43. The molecule has 10 nitrogen and oxygen atoms in total. The number of amides is 4. The molecule has 6 rings (SSSR count). The number of carbonyl (C=O) groups excluding carboxylic acids is 4. The Labute approximate surface area is 285 Å². The molecule has 2 aromatic carbocycles. The summed E-state index contributed by atoms with van der Waals surface area (Å²) in [4.78, 5) is 64.1. The van der Waals surface area contributed by atoms with Gasteiger partial charge < -0.3 is 20.4 Å². The SMILES string of the molecule is O=C(Nc1ccc(C#Cc2ccc(NC(=O)[C@@H]3CCCN3C(=O)Cc3ccccc3)cn2)nc1)[C@@H]1C=CCCN1C(=O)Cc1ccccc1. The van der Waals surface area contributed by atoms with E-state index in [2.05, 4.69) is 32.4 Å². The van der Waals surface area contributed by atoms with Crippen LogP contribution in [-0.4, -0.2) is 68.6 Å². The van der Waals surface area contributed by atoms with Gasteiger partial charge in [0.1, 0.15) is 23.5 Å². The number of nitrogens with zero attached hydrogens (tertiary/aromatic N) is 4. The summed E-state index contributed by atoms with van der Waals surface area (Å²) < 4.78 is 0. The molecule has 2 aliphatic rings. The summed E-state index contributed by atoms with van der Waals surface area (Å²) in [5.41, 5.74) is 3.80. The highest BCUT2D eigenvalue weighted by Crippen LogP contribution is 2.21. The van der Waals surface area contributed by atoms with Crippen molar-refractivity contribution >= 4 is 35.0 Å². The quantitative estimate of drug-likeness (QED) is 0.215. The molecule has 49 heavy (non-hydrogen) atoms. The number of carbonyl (C=O) groups is 4. The van der Waals surface area contributed by atoms with Crippen LogP contribution in [0.3, 0.4) is 0 Å². The fourth-order valence-corrected chi connectivity index (χ4v) is 5.93. The molecule has 0 unspecified atom stereocenters. The monoisotopic (exact) mass is 652 g/mol. The van der Waals surface area contributed by atoms with Crippen LogP contribution in [0.5, 0.6) is 0 Å². The predicted octanol–water partition coefficient (Wildman–Crippen LogP) is 4.39. The lowest BCUT2D eigenvalue weighted by Crippen LogP contribution is -2.48. The minimum atomic E-state index is -0.706. The van der Waals surface area contributed by atoms with Gasteiger partial charge in [0.2, 0.25) is 17.7 Å². The molecule has 4 heterocycles. The zero-order chi connectivity index (χ0) is 34.0. The van der Waals surface area contributed by atoms with Crippen molar-refractivity contribution in [2.24, 2.45) is 0 Å². The van der Waals surface area contributed by atoms with Gasteiger partial charge in [-0.15, -0.1) is 0 Å². The molecule has 0 aliphatic carbocycles. The fourth-order valence-electron chi connectivity index (χ4n) is 5.93. The molecular formula is C39H36N6O4. The maximum Gasteiger partial charge on any atom is 0.251 e. The van der Waals surface area contributed by atoms with Crippen LogP contribution < -0.4 is 10.6 Å². The van der Waals surface area contributed by atoms with Crippen LogP contribution in [0.25, 0.3) is 0 Å². The molecule has 0 saturated carbocycles. The third kappa shape index (κ3) is 8.64. The number of nitrogens with one attached hydrogen (secondary N) is 2. The standard InChI is InChI=1S/C39H36N6O4/c46-36(24-28-10-3-1-4-11-28)44-22-8-7-14-34(44)38(48)42-32-20-18-30(40-26-32)16-17-31-19-21-33(27-41-31)43-39(49)35-15-9-23-45(35)37(47)25-29-12-5-2-6-13-29/h1-7,10-14,18-21,26-27,34-35H,8-9,15,22-25H2,(H,42,48)(H,43,49)/t34-,35-/m0/s1. The minimum absolute atomic E-state index is 0.0596. The Morgan fingerprint density at radius 1 is 0.673 bits per heavy atom. The molecular weight excluding hydrogens is 616 g/mol. The normalized spacial score (nSPS) is 16.7. The number of pyridine rings is 2. The molecule has 246 valence electrons. The first kappa shape index (κ1) is 32.8. The van der Waals surface area contributed by atoms with Crippen LogP contribution in [0, 0.1) is 11.8 Å². The van der Waals surface area contributed by atoms with E-state index in [0.29, 0.717) is 48.7 Å². The van der Waals surface area contributed by atoms with Gasteiger partial charge in [0, 0.05) is 13.1 Å². The highest BCUT2D eigenvalue weighted by Gasteiger charge is 2.34. The molecule has 0 radical (unpaired) electrons. The molecule has 2 aliphatic heterocycles. The van der Waals surface area contributed by atoms with Crippen LogP contribution in [-0.2, 0) is 32.0 Å². The van der Waals surface area contributed by atoms with Crippen LogP contribution >= 0.6 is 0 Å². The number of hydrogen-bond donors (Lipinski definition) is 2. The van der Waals surface area contributed by atoms with Gasteiger partial charge in [-0.1, -0.05) is 72.8 Å². The second kappa shape index (κ2) is 15.7. The van der Waals surface area contributed by atoms with E-state index in [1.807, 2.05) is 66.7 Å². The first-order valence-corrected chi connectivity index (χ1v) is 16.3. The van der Waals surface area contributed by atoms with E-state index in [0.717, 1.165) is 17.5 Å². The smallest absolute Gasteiger partial charge is 0.251 e. The topological polar surface area (TPSA) is 125 Å². The molecule has 2 N–H and O–H groups in total. The van der Waals surface area contributed by atoms with Crippen LogP contribution in [0.4, 0.5) is 11.4 Å². The van der Waals surface area contributed by atoms with E-state index in [4.69, 9.17) is 0 Å².